The van der Waals surface area contributed by atoms with Gasteiger partial charge in [0.1, 0.15) is 5.69 Å². The molecule has 1 aromatic rings. The summed E-state index contributed by atoms with van der Waals surface area (Å²) in [5.74, 6) is -0.114. The van der Waals surface area contributed by atoms with Crippen LogP contribution in [0.1, 0.15) is 6.42 Å². The van der Waals surface area contributed by atoms with Crippen LogP contribution in [0.4, 0.5) is 17.1 Å². The molecule has 0 radical (unpaired) electrons. The molecule has 2 rings (SSSR count). The first-order valence-corrected chi connectivity index (χ1v) is 5.93. The number of carbonyl (C=O) groups excluding carboxylic acids is 1. The lowest BCUT2D eigenvalue weighted by Gasteiger charge is -2.21. The van der Waals surface area contributed by atoms with E-state index in [9.17, 15) is 25.0 Å². The molecule has 20 heavy (non-hydrogen) atoms. The molecule has 0 bridgehead atoms. The van der Waals surface area contributed by atoms with Crippen molar-refractivity contribution < 1.29 is 14.6 Å². The fourth-order valence-corrected chi connectivity index (χ4v) is 2.05. The Kier molecular flexibility index (Phi) is 3.78. The van der Waals surface area contributed by atoms with Crippen LogP contribution in [0.3, 0.4) is 0 Å². The van der Waals surface area contributed by atoms with Gasteiger partial charge >= 0.3 is 0 Å². The van der Waals surface area contributed by atoms with E-state index < -0.39 is 9.85 Å². The largest absolute Gasteiger partial charge is 0.364 e. The fraction of sp³-hybridized carbons (Fsp3) is 0.364. The number of anilines is 1. The number of non-ortho nitro benzene ring substituents is 1. The average Bonchev–Trinajstić information content (AvgIpc) is 2.62. The minimum atomic E-state index is -0.676. The zero-order valence-electron chi connectivity index (χ0n) is 10.4. The van der Waals surface area contributed by atoms with Crippen molar-refractivity contribution in [3.05, 3.63) is 38.4 Å². The molecular formula is C11H12N4O5. The van der Waals surface area contributed by atoms with Gasteiger partial charge < -0.3 is 10.2 Å². The van der Waals surface area contributed by atoms with Gasteiger partial charge in [-0.1, -0.05) is 0 Å². The van der Waals surface area contributed by atoms with Crippen molar-refractivity contribution in [2.75, 3.05) is 24.5 Å². The number of nitrogens with one attached hydrogen (secondary N) is 1. The first-order chi connectivity index (χ1) is 9.49. The SMILES string of the molecule is O=C1CCN(c2ccc([N+](=O)[O-])cc2[N+](=O)[O-])CCN1. The third kappa shape index (κ3) is 2.82. The number of rotatable bonds is 3. The highest BCUT2D eigenvalue weighted by molar-refractivity contribution is 5.78. The number of amides is 1. The van der Waals surface area contributed by atoms with Crippen LogP contribution in [0.5, 0.6) is 0 Å². The van der Waals surface area contributed by atoms with Crippen LogP contribution in [0, 0.1) is 20.2 Å². The van der Waals surface area contributed by atoms with E-state index >= 15 is 0 Å². The van der Waals surface area contributed by atoms with E-state index in [1.807, 2.05) is 0 Å². The lowest BCUT2D eigenvalue weighted by Crippen LogP contribution is -2.28. The summed E-state index contributed by atoms with van der Waals surface area (Å²) in [6.07, 6.45) is 0.230. The summed E-state index contributed by atoms with van der Waals surface area (Å²) in [7, 11) is 0. The zero-order chi connectivity index (χ0) is 14.7. The quantitative estimate of drug-likeness (QED) is 0.647. The van der Waals surface area contributed by atoms with Gasteiger partial charge in [0.25, 0.3) is 11.4 Å². The molecule has 9 heteroatoms. The Morgan fingerprint density at radius 2 is 1.90 bits per heavy atom. The van der Waals surface area contributed by atoms with Crippen LogP contribution in [0.2, 0.25) is 0 Å². The number of benzene rings is 1. The van der Waals surface area contributed by atoms with Crippen molar-refractivity contribution >= 4 is 23.0 Å². The molecule has 106 valence electrons. The molecule has 1 amide bonds. The van der Waals surface area contributed by atoms with Gasteiger partial charge in [0.2, 0.25) is 5.91 Å². The molecule has 9 nitrogen and oxygen atoms in total. The lowest BCUT2D eigenvalue weighted by molar-refractivity contribution is -0.393. The highest BCUT2D eigenvalue weighted by Crippen LogP contribution is 2.32. The van der Waals surface area contributed by atoms with E-state index in [1.54, 1.807) is 4.90 Å². The second-order valence-electron chi connectivity index (χ2n) is 4.27. The average molecular weight is 280 g/mol. The van der Waals surface area contributed by atoms with Gasteiger partial charge in [0.05, 0.1) is 15.9 Å². The number of nitrogens with zero attached hydrogens (tertiary/aromatic N) is 3. The Labute approximate surface area is 113 Å². The molecule has 1 N–H and O–H groups in total. The van der Waals surface area contributed by atoms with Gasteiger partial charge in [-0.2, -0.15) is 0 Å². The molecule has 0 aromatic heterocycles. The highest BCUT2D eigenvalue weighted by atomic mass is 16.6. The zero-order valence-corrected chi connectivity index (χ0v) is 10.4. The van der Waals surface area contributed by atoms with E-state index in [0.717, 1.165) is 6.07 Å². The molecule has 0 aliphatic carbocycles. The monoisotopic (exact) mass is 280 g/mol. The molecule has 0 saturated carbocycles. The highest BCUT2D eigenvalue weighted by Gasteiger charge is 2.24. The van der Waals surface area contributed by atoms with Gasteiger partial charge in [-0.3, -0.25) is 25.0 Å². The standard InChI is InChI=1S/C11H12N4O5/c16-11-3-5-13(6-4-12-11)9-2-1-8(14(17)18)7-10(9)15(19)20/h1-2,7H,3-6H2,(H,12,16). The number of hydrogen-bond acceptors (Lipinski definition) is 6. The van der Waals surface area contributed by atoms with Gasteiger partial charge in [-0.25, -0.2) is 0 Å². The Morgan fingerprint density at radius 3 is 2.55 bits per heavy atom. The summed E-state index contributed by atoms with van der Waals surface area (Å²) in [4.78, 5) is 33.4. The molecule has 1 aliphatic rings. The number of nitro groups is 2. The molecule has 0 atom stereocenters. The first-order valence-electron chi connectivity index (χ1n) is 5.93. The Hall–Kier alpha value is -2.71. The second kappa shape index (κ2) is 5.51. The number of nitro benzene ring substituents is 2. The summed E-state index contributed by atoms with van der Waals surface area (Å²) in [6.45, 7) is 1.14. The van der Waals surface area contributed by atoms with Crippen LogP contribution in [-0.4, -0.2) is 35.4 Å². The van der Waals surface area contributed by atoms with Gasteiger partial charge in [0, 0.05) is 32.1 Å². The van der Waals surface area contributed by atoms with E-state index in [2.05, 4.69) is 5.32 Å². The number of hydrogen-bond donors (Lipinski definition) is 1. The van der Waals surface area contributed by atoms with Crippen molar-refractivity contribution in [1.82, 2.24) is 5.32 Å². The number of carbonyl (C=O) groups is 1. The summed E-state index contributed by atoms with van der Waals surface area (Å²) in [5.41, 5.74) is -0.366. The van der Waals surface area contributed by atoms with Gasteiger partial charge in [-0.05, 0) is 6.07 Å². The first kappa shape index (κ1) is 13.7. The van der Waals surface area contributed by atoms with E-state index in [-0.39, 0.29) is 29.4 Å². The minimum absolute atomic E-state index is 0.114. The molecule has 1 saturated heterocycles. The maximum atomic E-state index is 11.3. The third-order valence-corrected chi connectivity index (χ3v) is 3.02. The Bertz CT molecular complexity index is 574. The van der Waals surface area contributed by atoms with Crippen LogP contribution >= 0.6 is 0 Å². The topological polar surface area (TPSA) is 119 Å². The van der Waals surface area contributed by atoms with Crippen LogP contribution in [-0.2, 0) is 4.79 Å². The molecule has 1 aliphatic heterocycles. The normalized spacial score (nSPS) is 15.4. The smallest absolute Gasteiger partial charge is 0.299 e. The predicted molar refractivity (Wildman–Crippen MR) is 69.6 cm³/mol. The van der Waals surface area contributed by atoms with E-state index in [4.69, 9.17) is 0 Å². The predicted octanol–water partition coefficient (Wildman–Crippen LogP) is 0.829. The van der Waals surface area contributed by atoms with Crippen molar-refractivity contribution in [3.8, 4) is 0 Å². The van der Waals surface area contributed by atoms with Crippen LogP contribution in [0.15, 0.2) is 18.2 Å². The Balaban J connectivity index is 2.37. The van der Waals surface area contributed by atoms with Crippen molar-refractivity contribution in [3.63, 3.8) is 0 Å². The Morgan fingerprint density at radius 1 is 1.15 bits per heavy atom. The maximum Gasteiger partial charge on any atom is 0.299 e. The lowest BCUT2D eigenvalue weighted by atomic mass is 10.2. The van der Waals surface area contributed by atoms with E-state index in [1.165, 1.54) is 12.1 Å². The molecule has 1 heterocycles. The third-order valence-electron chi connectivity index (χ3n) is 3.02. The maximum absolute atomic E-state index is 11.3. The summed E-state index contributed by atoms with van der Waals surface area (Å²) < 4.78 is 0. The molecule has 1 fully saturated rings. The van der Waals surface area contributed by atoms with Crippen molar-refractivity contribution in [2.45, 2.75) is 6.42 Å². The fourth-order valence-electron chi connectivity index (χ4n) is 2.05. The van der Waals surface area contributed by atoms with Crippen molar-refractivity contribution in [2.24, 2.45) is 0 Å². The van der Waals surface area contributed by atoms with E-state index in [0.29, 0.717) is 19.6 Å². The second-order valence-corrected chi connectivity index (χ2v) is 4.27. The summed E-state index contributed by atoms with van der Waals surface area (Å²) >= 11 is 0. The van der Waals surface area contributed by atoms with Gasteiger partial charge in [0.15, 0.2) is 0 Å². The van der Waals surface area contributed by atoms with Crippen molar-refractivity contribution in [1.29, 1.82) is 0 Å². The molecular weight excluding hydrogens is 268 g/mol. The van der Waals surface area contributed by atoms with Gasteiger partial charge in [-0.15, -0.1) is 0 Å². The minimum Gasteiger partial charge on any atom is -0.364 e. The molecule has 0 unspecified atom stereocenters. The van der Waals surface area contributed by atoms with Crippen LogP contribution < -0.4 is 10.2 Å². The molecule has 0 spiro atoms. The summed E-state index contributed by atoms with van der Waals surface area (Å²) in [5, 5.41) is 24.4. The van der Waals surface area contributed by atoms with Crippen LogP contribution in [0.25, 0.3) is 0 Å². The molecule has 1 aromatic carbocycles. The summed E-state index contributed by atoms with van der Waals surface area (Å²) in [6, 6.07) is 3.52.